The zero-order valence-electron chi connectivity index (χ0n) is 27.8. The molecule has 2 saturated heterocycles. The van der Waals surface area contributed by atoms with Crippen LogP contribution in [0.5, 0.6) is 11.6 Å². The van der Waals surface area contributed by atoms with Gasteiger partial charge in [0.05, 0.1) is 11.4 Å². The first-order valence-corrected chi connectivity index (χ1v) is 16.6. The van der Waals surface area contributed by atoms with Crippen molar-refractivity contribution < 1.29 is 36.6 Å². The summed E-state index contributed by atoms with van der Waals surface area (Å²) in [7, 11) is 0. The summed E-state index contributed by atoms with van der Waals surface area (Å²) >= 11 is 0. The van der Waals surface area contributed by atoms with Gasteiger partial charge in [0.25, 0.3) is 11.8 Å². The van der Waals surface area contributed by atoms with Gasteiger partial charge in [0, 0.05) is 60.8 Å². The van der Waals surface area contributed by atoms with E-state index >= 15 is 0 Å². The van der Waals surface area contributed by atoms with Gasteiger partial charge in [-0.2, -0.15) is 18.6 Å². The number of aryl methyl sites for hydroxylation is 1. The van der Waals surface area contributed by atoms with Crippen LogP contribution in [0, 0.1) is 6.92 Å². The topological polar surface area (TPSA) is 102 Å². The standard InChI is InChI=1S/C36H38F4N6O4/c1-23-31(32(47)42-26-10-6-9-25(20-26)36(2,39)40)33(50-35(48)45-18-13-27(14-19-45)44-16-4-3-5-17-44)46(43-23)28-11-12-30(49-34(37)38)29(21-28)24-8-7-15-41-22-24/h6-12,15,20-22,27,34H,3-5,13-14,16-19H2,1-2H3,(H,42,47). The number of anilines is 1. The van der Waals surface area contributed by atoms with Crippen molar-refractivity contribution in [1.82, 2.24) is 24.6 Å². The van der Waals surface area contributed by atoms with Crippen LogP contribution in [0.15, 0.2) is 67.0 Å². The summed E-state index contributed by atoms with van der Waals surface area (Å²) in [5.74, 6) is -4.24. The van der Waals surface area contributed by atoms with Gasteiger partial charge in [-0.15, -0.1) is 0 Å². The molecule has 0 radical (unpaired) electrons. The zero-order valence-corrected chi connectivity index (χ0v) is 27.8. The molecule has 0 spiro atoms. The lowest BCUT2D eigenvalue weighted by Crippen LogP contribution is -2.48. The van der Waals surface area contributed by atoms with Gasteiger partial charge in [-0.05, 0) is 82.1 Å². The fourth-order valence-corrected chi connectivity index (χ4v) is 6.54. The van der Waals surface area contributed by atoms with Crippen LogP contribution in [0.1, 0.15) is 60.6 Å². The largest absolute Gasteiger partial charge is 0.434 e. The third-order valence-electron chi connectivity index (χ3n) is 9.08. The SMILES string of the molecule is Cc1nn(-c2ccc(OC(F)F)c(-c3cccnc3)c2)c(OC(=O)N2CCC(N3CCCCC3)CC2)c1C(=O)Nc1cccc(C(C)(F)F)c1. The lowest BCUT2D eigenvalue weighted by molar-refractivity contribution is -0.0494. The second-order valence-electron chi connectivity index (χ2n) is 12.6. The summed E-state index contributed by atoms with van der Waals surface area (Å²) in [6.07, 6.45) is 7.44. The molecule has 0 saturated carbocycles. The number of amides is 2. The van der Waals surface area contributed by atoms with Gasteiger partial charge in [-0.25, -0.2) is 13.6 Å². The summed E-state index contributed by atoms with van der Waals surface area (Å²) < 4.78 is 66.9. The highest BCUT2D eigenvalue weighted by Gasteiger charge is 2.32. The van der Waals surface area contributed by atoms with Crippen molar-refractivity contribution in [2.45, 2.75) is 64.5 Å². The van der Waals surface area contributed by atoms with Crippen LogP contribution >= 0.6 is 0 Å². The van der Waals surface area contributed by atoms with Crippen LogP contribution in [-0.2, 0) is 5.92 Å². The highest BCUT2D eigenvalue weighted by molar-refractivity contribution is 6.07. The molecule has 264 valence electrons. The zero-order chi connectivity index (χ0) is 35.4. The number of likely N-dealkylation sites (tertiary alicyclic amines) is 2. The van der Waals surface area contributed by atoms with E-state index in [-0.39, 0.29) is 45.4 Å². The predicted octanol–water partition coefficient (Wildman–Crippen LogP) is 7.66. The molecule has 2 aliphatic heterocycles. The van der Waals surface area contributed by atoms with E-state index in [2.05, 4.69) is 20.3 Å². The van der Waals surface area contributed by atoms with Gasteiger partial charge in [-0.3, -0.25) is 9.78 Å². The van der Waals surface area contributed by atoms with Crippen LogP contribution < -0.4 is 14.8 Å². The number of carbonyl (C=O) groups is 2. The van der Waals surface area contributed by atoms with Gasteiger partial charge in [0.2, 0.25) is 5.88 Å². The number of rotatable bonds is 9. The number of carbonyl (C=O) groups excluding carboxylic acids is 2. The first-order chi connectivity index (χ1) is 24.0. The van der Waals surface area contributed by atoms with Gasteiger partial charge < -0.3 is 24.6 Å². The van der Waals surface area contributed by atoms with Crippen molar-refractivity contribution >= 4 is 17.7 Å². The Labute approximate surface area is 287 Å². The second kappa shape index (κ2) is 14.9. The number of nitrogens with zero attached hydrogens (tertiary/aromatic N) is 5. The van der Waals surface area contributed by atoms with E-state index < -0.39 is 24.5 Å². The molecule has 2 aromatic heterocycles. The van der Waals surface area contributed by atoms with E-state index in [0.717, 1.165) is 38.9 Å². The molecular weight excluding hydrogens is 656 g/mol. The van der Waals surface area contributed by atoms with Gasteiger partial charge in [0.15, 0.2) is 0 Å². The van der Waals surface area contributed by atoms with E-state index in [0.29, 0.717) is 24.7 Å². The number of alkyl halides is 4. The molecule has 14 heteroatoms. The summed E-state index contributed by atoms with van der Waals surface area (Å²) in [6, 6.07) is 13.2. The van der Waals surface area contributed by atoms with E-state index in [1.54, 1.807) is 24.0 Å². The lowest BCUT2D eigenvalue weighted by Gasteiger charge is -2.39. The number of pyridine rings is 1. The molecule has 2 fully saturated rings. The molecule has 50 heavy (non-hydrogen) atoms. The number of benzene rings is 2. The third-order valence-corrected chi connectivity index (χ3v) is 9.08. The molecular formula is C36H38F4N6O4. The lowest BCUT2D eigenvalue weighted by atomic mass is 10.0. The molecule has 4 aromatic rings. The average molecular weight is 695 g/mol. The maximum atomic E-state index is 14.1. The van der Waals surface area contributed by atoms with Crippen LogP contribution in [0.25, 0.3) is 16.8 Å². The predicted molar refractivity (Wildman–Crippen MR) is 178 cm³/mol. The Morgan fingerprint density at radius 1 is 0.980 bits per heavy atom. The molecule has 4 heterocycles. The number of ether oxygens (including phenoxy) is 2. The molecule has 2 aliphatic rings. The van der Waals surface area contributed by atoms with Crippen molar-refractivity contribution in [3.63, 3.8) is 0 Å². The highest BCUT2D eigenvalue weighted by atomic mass is 19.3. The molecule has 2 amide bonds. The number of piperidine rings is 2. The average Bonchev–Trinajstić information content (AvgIpc) is 3.43. The molecule has 1 N–H and O–H groups in total. The number of hydrogen-bond acceptors (Lipinski definition) is 7. The van der Waals surface area contributed by atoms with Gasteiger partial charge in [0.1, 0.15) is 11.3 Å². The minimum Gasteiger partial charge on any atom is -0.434 e. The Kier molecular flexibility index (Phi) is 10.4. The Morgan fingerprint density at radius 3 is 2.42 bits per heavy atom. The van der Waals surface area contributed by atoms with E-state index in [1.807, 2.05) is 0 Å². The Bertz CT molecular complexity index is 1820. The summed E-state index contributed by atoms with van der Waals surface area (Å²) in [5, 5.41) is 7.16. The van der Waals surface area contributed by atoms with Gasteiger partial charge >= 0.3 is 12.7 Å². The summed E-state index contributed by atoms with van der Waals surface area (Å²) in [6.45, 7) is 2.21. The molecule has 10 nitrogen and oxygen atoms in total. The van der Waals surface area contributed by atoms with Crippen LogP contribution in [0.3, 0.4) is 0 Å². The smallest absolute Gasteiger partial charge is 0.416 e. The van der Waals surface area contributed by atoms with E-state index in [1.165, 1.54) is 72.7 Å². The summed E-state index contributed by atoms with van der Waals surface area (Å²) in [4.78, 5) is 35.7. The van der Waals surface area contributed by atoms with Crippen molar-refractivity contribution in [2.75, 3.05) is 31.5 Å². The third kappa shape index (κ3) is 7.91. The van der Waals surface area contributed by atoms with E-state index in [4.69, 9.17) is 9.47 Å². The normalized spacial score (nSPS) is 16.0. The molecule has 6 rings (SSSR count). The fourth-order valence-electron chi connectivity index (χ4n) is 6.54. The van der Waals surface area contributed by atoms with Crippen LogP contribution in [0.2, 0.25) is 0 Å². The Balaban J connectivity index is 1.35. The number of nitrogens with one attached hydrogen (secondary N) is 1. The minimum absolute atomic E-state index is 0.102. The molecule has 0 atom stereocenters. The van der Waals surface area contributed by atoms with Crippen LogP contribution in [-0.4, -0.2) is 75.4 Å². The quantitative estimate of drug-likeness (QED) is 0.180. The van der Waals surface area contributed by atoms with Crippen molar-refractivity contribution in [3.8, 4) is 28.4 Å². The number of aromatic nitrogens is 3. The van der Waals surface area contributed by atoms with Crippen molar-refractivity contribution in [1.29, 1.82) is 0 Å². The minimum atomic E-state index is -3.14. The number of hydrogen-bond donors (Lipinski definition) is 1. The number of halogens is 4. The first-order valence-electron chi connectivity index (χ1n) is 16.6. The summed E-state index contributed by atoms with van der Waals surface area (Å²) in [5.41, 5.74) is 0.862. The fraction of sp³-hybridized carbons (Fsp3) is 0.389. The maximum Gasteiger partial charge on any atom is 0.416 e. The van der Waals surface area contributed by atoms with E-state index in [9.17, 15) is 27.2 Å². The molecule has 2 aromatic carbocycles. The van der Waals surface area contributed by atoms with Crippen LogP contribution in [0.4, 0.5) is 28.0 Å². The first kappa shape index (κ1) is 34.9. The Morgan fingerprint density at radius 2 is 1.74 bits per heavy atom. The molecule has 0 unspecified atom stereocenters. The Hall–Kier alpha value is -4.98. The van der Waals surface area contributed by atoms with Gasteiger partial charge in [-0.1, -0.05) is 24.6 Å². The highest BCUT2D eigenvalue weighted by Crippen LogP contribution is 2.36. The van der Waals surface area contributed by atoms with Crippen molar-refractivity contribution in [2.24, 2.45) is 0 Å². The molecule has 0 aliphatic carbocycles. The maximum absolute atomic E-state index is 14.1. The second-order valence-corrected chi connectivity index (χ2v) is 12.6. The monoisotopic (exact) mass is 694 g/mol. The molecule has 0 bridgehead atoms. The van der Waals surface area contributed by atoms with Crippen molar-refractivity contribution in [3.05, 3.63) is 83.8 Å².